The molecular weight excluding hydrogens is 442 g/mol. The van der Waals surface area contributed by atoms with Crippen LogP contribution in [0, 0.1) is 0 Å². The molecule has 7 nitrogen and oxygen atoms in total. The van der Waals surface area contributed by atoms with Gasteiger partial charge in [0.05, 0.1) is 0 Å². The molecule has 0 saturated heterocycles. The highest BCUT2D eigenvalue weighted by Gasteiger charge is 2.35. The monoisotopic (exact) mass is 475 g/mol. The van der Waals surface area contributed by atoms with Crippen LogP contribution in [0.5, 0.6) is 5.75 Å². The van der Waals surface area contributed by atoms with Gasteiger partial charge in [-0.1, -0.05) is 79.7 Å². The van der Waals surface area contributed by atoms with Gasteiger partial charge in [-0.15, -0.1) is 0 Å². The zero-order valence-electron chi connectivity index (χ0n) is 20.1. The molecule has 3 aromatic rings. The van der Waals surface area contributed by atoms with Crippen molar-refractivity contribution in [3.63, 3.8) is 0 Å². The van der Waals surface area contributed by atoms with E-state index in [1.807, 2.05) is 72.8 Å². The van der Waals surface area contributed by atoms with Gasteiger partial charge in [-0.2, -0.15) is 0 Å². The lowest BCUT2D eigenvalue weighted by atomic mass is 9.91. The van der Waals surface area contributed by atoms with E-state index in [0.717, 1.165) is 17.5 Å². The van der Waals surface area contributed by atoms with Gasteiger partial charge in [-0.05, 0) is 42.2 Å². The molecule has 0 radical (unpaired) electrons. The van der Waals surface area contributed by atoms with E-state index < -0.39 is 23.4 Å². The fraction of sp³-hybridized carbons (Fsp3) is 0.250. The molecule has 35 heavy (non-hydrogen) atoms. The van der Waals surface area contributed by atoms with Gasteiger partial charge in [-0.25, -0.2) is 0 Å². The first-order valence-corrected chi connectivity index (χ1v) is 11.4. The Bertz CT molecular complexity index is 1070. The Morgan fingerprint density at radius 3 is 1.94 bits per heavy atom. The van der Waals surface area contributed by atoms with E-state index in [2.05, 4.69) is 17.6 Å². The number of hydrogen-bond donors (Lipinski definition) is 4. The van der Waals surface area contributed by atoms with E-state index in [9.17, 15) is 14.4 Å². The van der Waals surface area contributed by atoms with Crippen LogP contribution in [0.1, 0.15) is 30.5 Å². The van der Waals surface area contributed by atoms with E-state index in [-0.39, 0.29) is 6.42 Å². The molecule has 0 fully saturated rings. The van der Waals surface area contributed by atoms with Gasteiger partial charge in [0.2, 0.25) is 18.2 Å². The number of carbonyl (C=O) groups is 3. The Morgan fingerprint density at radius 1 is 0.914 bits per heavy atom. The molecule has 2 atom stereocenters. The highest BCUT2D eigenvalue weighted by molar-refractivity contribution is 5.92. The van der Waals surface area contributed by atoms with E-state index in [1.54, 1.807) is 19.1 Å². The van der Waals surface area contributed by atoms with Crippen LogP contribution in [0.3, 0.4) is 0 Å². The van der Waals surface area contributed by atoms with Crippen molar-refractivity contribution >= 4 is 18.2 Å². The summed E-state index contributed by atoms with van der Waals surface area (Å²) in [7, 11) is 0. The molecule has 0 aromatic heterocycles. The molecule has 0 heterocycles. The van der Waals surface area contributed by atoms with Crippen molar-refractivity contribution in [1.82, 2.24) is 10.6 Å². The van der Waals surface area contributed by atoms with Gasteiger partial charge in [0, 0.05) is 12.8 Å². The molecule has 5 N–H and O–H groups in total. The number of primary amides is 1. The average molecular weight is 476 g/mol. The number of nitrogens with two attached hydrogens (primary N) is 1. The van der Waals surface area contributed by atoms with Gasteiger partial charge in [0.25, 0.3) is 0 Å². The van der Waals surface area contributed by atoms with Crippen molar-refractivity contribution < 1.29 is 19.5 Å². The average Bonchev–Trinajstić information content (AvgIpc) is 2.86. The maximum Gasteiger partial charge on any atom is 0.243 e. The molecule has 3 aromatic carbocycles. The lowest BCUT2D eigenvalue weighted by molar-refractivity contribution is -0.132. The second kappa shape index (κ2) is 13.5. The summed E-state index contributed by atoms with van der Waals surface area (Å²) < 4.78 is 0. The summed E-state index contributed by atoms with van der Waals surface area (Å²) >= 11 is 0. The number of phenols is 1. The number of benzene rings is 3. The van der Waals surface area contributed by atoms with E-state index in [0.29, 0.717) is 18.6 Å². The maximum atomic E-state index is 12.7. The smallest absolute Gasteiger partial charge is 0.243 e. The van der Waals surface area contributed by atoms with Crippen LogP contribution < -0.4 is 16.4 Å². The molecule has 0 spiro atoms. The number of nitrogens with one attached hydrogen (secondary N) is 2. The molecule has 0 saturated carbocycles. The summed E-state index contributed by atoms with van der Waals surface area (Å²) in [6.45, 7) is 3.67. The predicted octanol–water partition coefficient (Wildman–Crippen LogP) is 2.90. The number of amides is 3. The van der Waals surface area contributed by atoms with Crippen molar-refractivity contribution in [3.05, 3.63) is 102 Å². The van der Waals surface area contributed by atoms with Crippen molar-refractivity contribution in [2.45, 2.75) is 44.7 Å². The van der Waals surface area contributed by atoms with Crippen LogP contribution in [0.15, 0.2) is 84.9 Å². The Labute approximate surface area is 206 Å². The maximum absolute atomic E-state index is 12.7. The van der Waals surface area contributed by atoms with Gasteiger partial charge in [-0.3, -0.25) is 14.4 Å². The third kappa shape index (κ3) is 8.97. The Balaban J connectivity index is 0.000000402. The van der Waals surface area contributed by atoms with Gasteiger partial charge >= 0.3 is 0 Å². The van der Waals surface area contributed by atoms with Crippen LogP contribution in [-0.2, 0) is 33.6 Å². The first kappa shape index (κ1) is 27.1. The number of aryl methyl sites for hydroxylation is 1. The Kier molecular flexibility index (Phi) is 10.5. The zero-order valence-corrected chi connectivity index (χ0v) is 20.1. The summed E-state index contributed by atoms with van der Waals surface area (Å²) in [6.07, 6.45) is 2.08. The number of phenolic OH excluding ortho intramolecular Hbond substituents is 1. The van der Waals surface area contributed by atoms with Gasteiger partial charge < -0.3 is 21.5 Å². The SMILES string of the molecule is CC(Cc1ccccc1)(NC(=O)[C@H](Cc1ccccc1)NC=O)C(N)=O.CCc1ccc(O)cc1. The Morgan fingerprint density at radius 2 is 1.46 bits per heavy atom. The molecule has 0 aliphatic rings. The van der Waals surface area contributed by atoms with E-state index in [1.165, 1.54) is 5.56 Å². The molecule has 7 heteroatoms. The number of hydrogen-bond acceptors (Lipinski definition) is 4. The van der Waals surface area contributed by atoms with Gasteiger partial charge in [0.15, 0.2) is 0 Å². The van der Waals surface area contributed by atoms with Crippen LogP contribution in [-0.4, -0.2) is 34.9 Å². The fourth-order valence-corrected chi connectivity index (χ4v) is 3.45. The first-order chi connectivity index (χ1) is 16.8. The Hall–Kier alpha value is -4.13. The number of rotatable bonds is 10. The molecule has 0 aliphatic heterocycles. The minimum atomic E-state index is -1.27. The molecule has 0 aliphatic carbocycles. The van der Waals surface area contributed by atoms with E-state index >= 15 is 0 Å². The molecule has 3 rings (SSSR count). The van der Waals surface area contributed by atoms with E-state index in [4.69, 9.17) is 10.8 Å². The van der Waals surface area contributed by atoms with Crippen molar-refractivity contribution in [3.8, 4) is 5.75 Å². The molecular formula is C28H33N3O4. The highest BCUT2D eigenvalue weighted by Crippen LogP contribution is 2.14. The minimum Gasteiger partial charge on any atom is -0.508 e. The van der Waals surface area contributed by atoms with Crippen molar-refractivity contribution in [2.75, 3.05) is 0 Å². The van der Waals surface area contributed by atoms with Crippen LogP contribution in [0.2, 0.25) is 0 Å². The first-order valence-electron chi connectivity index (χ1n) is 11.4. The standard InChI is InChI=1S/C20H23N3O3.C8H10O/c1-20(19(21)26,13-16-10-6-3-7-11-16)23-18(25)17(22-14-24)12-15-8-4-2-5-9-15;1-2-7-3-5-8(9)6-4-7/h2-11,14,17H,12-13H2,1H3,(H2,21,26)(H,22,24)(H,23,25);3-6,9H,2H2,1H3/t17-,20?;/m0./s1. The molecule has 3 amide bonds. The third-order valence-corrected chi connectivity index (χ3v) is 5.56. The summed E-state index contributed by atoms with van der Waals surface area (Å²) in [6, 6.07) is 25.1. The second-order valence-electron chi connectivity index (χ2n) is 8.39. The predicted molar refractivity (Wildman–Crippen MR) is 137 cm³/mol. The minimum absolute atomic E-state index is 0.258. The lowest BCUT2D eigenvalue weighted by Crippen LogP contribution is -2.60. The molecule has 184 valence electrons. The topological polar surface area (TPSA) is 122 Å². The second-order valence-corrected chi connectivity index (χ2v) is 8.39. The molecule has 0 bridgehead atoms. The van der Waals surface area contributed by atoms with Crippen molar-refractivity contribution in [1.29, 1.82) is 0 Å². The summed E-state index contributed by atoms with van der Waals surface area (Å²) in [5, 5.41) is 14.1. The van der Waals surface area contributed by atoms with Crippen LogP contribution in [0.25, 0.3) is 0 Å². The summed E-state index contributed by atoms with van der Waals surface area (Å²) in [5.74, 6) is -0.760. The summed E-state index contributed by atoms with van der Waals surface area (Å²) in [4.78, 5) is 35.6. The van der Waals surface area contributed by atoms with Gasteiger partial charge in [0.1, 0.15) is 17.3 Å². The third-order valence-electron chi connectivity index (χ3n) is 5.56. The normalized spacial score (nSPS) is 12.7. The van der Waals surface area contributed by atoms with Crippen LogP contribution >= 0.6 is 0 Å². The summed E-state index contributed by atoms with van der Waals surface area (Å²) in [5.41, 5.74) is 7.31. The van der Waals surface area contributed by atoms with Crippen LogP contribution in [0.4, 0.5) is 0 Å². The van der Waals surface area contributed by atoms with Crippen molar-refractivity contribution in [2.24, 2.45) is 5.73 Å². The number of carbonyl (C=O) groups excluding carboxylic acids is 3. The number of aromatic hydroxyl groups is 1. The fourth-order valence-electron chi connectivity index (χ4n) is 3.45. The molecule has 1 unspecified atom stereocenters. The lowest BCUT2D eigenvalue weighted by Gasteiger charge is -2.29. The largest absolute Gasteiger partial charge is 0.508 e. The highest BCUT2D eigenvalue weighted by atomic mass is 16.3. The zero-order chi connectivity index (χ0) is 25.7. The quantitative estimate of drug-likeness (QED) is 0.337.